The van der Waals surface area contributed by atoms with Gasteiger partial charge in [0.2, 0.25) is 5.91 Å². The van der Waals surface area contributed by atoms with E-state index in [1.54, 1.807) is 0 Å². The van der Waals surface area contributed by atoms with Crippen molar-refractivity contribution in [2.45, 2.75) is 19.4 Å². The van der Waals surface area contributed by atoms with Crippen LogP contribution in [0.4, 0.5) is 0 Å². The quantitative estimate of drug-likeness (QED) is 0.711. The van der Waals surface area contributed by atoms with Crippen molar-refractivity contribution in [1.29, 1.82) is 0 Å². The number of imidazole rings is 1. The second kappa shape index (κ2) is 7.70. The first kappa shape index (κ1) is 16.8. The van der Waals surface area contributed by atoms with E-state index in [-0.39, 0.29) is 5.91 Å². The largest absolute Gasteiger partial charge is 0.378 e. The molecule has 0 unspecified atom stereocenters. The van der Waals surface area contributed by atoms with Crippen LogP contribution in [0.5, 0.6) is 0 Å². The van der Waals surface area contributed by atoms with Crippen LogP contribution in [0.1, 0.15) is 11.4 Å². The van der Waals surface area contributed by atoms with E-state index in [4.69, 9.17) is 9.72 Å². The molecular formula is C21H23N3O2. The number of carbonyl (C=O) groups is 1. The van der Waals surface area contributed by atoms with Gasteiger partial charge in [0.25, 0.3) is 0 Å². The molecule has 0 spiro atoms. The molecule has 0 bridgehead atoms. The molecular weight excluding hydrogens is 326 g/mol. The lowest BCUT2D eigenvalue weighted by molar-refractivity contribution is -0.135. The Hall–Kier alpha value is -2.66. The van der Waals surface area contributed by atoms with Crippen molar-refractivity contribution < 1.29 is 9.53 Å². The van der Waals surface area contributed by atoms with E-state index in [9.17, 15) is 4.79 Å². The fourth-order valence-corrected chi connectivity index (χ4v) is 3.44. The second-order valence-electron chi connectivity index (χ2n) is 6.58. The third-order valence-electron chi connectivity index (χ3n) is 4.87. The number of para-hydroxylation sites is 2. The van der Waals surface area contributed by atoms with Crippen molar-refractivity contribution in [2.24, 2.45) is 0 Å². The Morgan fingerprint density at radius 3 is 2.50 bits per heavy atom. The van der Waals surface area contributed by atoms with Crippen LogP contribution < -0.4 is 0 Å². The zero-order chi connectivity index (χ0) is 17.8. The predicted molar refractivity (Wildman–Crippen MR) is 101 cm³/mol. The van der Waals surface area contributed by atoms with E-state index >= 15 is 0 Å². The molecule has 2 heterocycles. The van der Waals surface area contributed by atoms with Gasteiger partial charge in [0, 0.05) is 19.5 Å². The van der Waals surface area contributed by atoms with Crippen molar-refractivity contribution in [1.82, 2.24) is 14.5 Å². The van der Waals surface area contributed by atoms with Gasteiger partial charge in [0.05, 0.1) is 24.2 Å². The predicted octanol–water partition coefficient (Wildman–Crippen LogP) is 2.68. The Morgan fingerprint density at radius 2 is 1.69 bits per heavy atom. The zero-order valence-corrected chi connectivity index (χ0v) is 14.8. The van der Waals surface area contributed by atoms with E-state index < -0.39 is 0 Å². The highest BCUT2D eigenvalue weighted by Gasteiger charge is 2.20. The molecule has 26 heavy (non-hydrogen) atoms. The zero-order valence-electron chi connectivity index (χ0n) is 14.8. The summed E-state index contributed by atoms with van der Waals surface area (Å²) in [6.07, 6.45) is 1.73. The molecule has 5 heteroatoms. The molecule has 0 aliphatic carbocycles. The minimum absolute atomic E-state index is 0.136. The van der Waals surface area contributed by atoms with E-state index in [1.165, 1.54) is 5.56 Å². The topological polar surface area (TPSA) is 47.4 Å². The first-order valence-electron chi connectivity index (χ1n) is 9.15. The number of hydrogen-bond donors (Lipinski definition) is 0. The summed E-state index contributed by atoms with van der Waals surface area (Å²) in [7, 11) is 0. The molecule has 1 aliphatic rings. The van der Waals surface area contributed by atoms with E-state index in [1.807, 2.05) is 35.2 Å². The first-order chi connectivity index (χ1) is 12.8. The van der Waals surface area contributed by atoms with Crippen LogP contribution in [0.25, 0.3) is 11.0 Å². The summed E-state index contributed by atoms with van der Waals surface area (Å²) in [5.74, 6) is 1.11. The van der Waals surface area contributed by atoms with Crippen LogP contribution >= 0.6 is 0 Å². The average molecular weight is 349 g/mol. The van der Waals surface area contributed by atoms with Gasteiger partial charge in [0.15, 0.2) is 0 Å². The smallest absolute Gasteiger partial charge is 0.242 e. The third-order valence-corrected chi connectivity index (χ3v) is 4.87. The minimum atomic E-state index is 0.136. The number of rotatable bonds is 5. The number of ether oxygens (including phenoxy) is 1. The van der Waals surface area contributed by atoms with Gasteiger partial charge in [-0.15, -0.1) is 0 Å². The number of aromatic nitrogens is 2. The van der Waals surface area contributed by atoms with Gasteiger partial charge in [-0.2, -0.15) is 0 Å². The second-order valence-corrected chi connectivity index (χ2v) is 6.58. The molecule has 0 radical (unpaired) electrons. The number of fused-ring (bicyclic) bond motifs is 1. The highest BCUT2D eigenvalue weighted by atomic mass is 16.5. The number of nitrogens with zero attached hydrogens (tertiary/aromatic N) is 3. The first-order valence-corrected chi connectivity index (χ1v) is 9.15. The Morgan fingerprint density at radius 1 is 0.962 bits per heavy atom. The number of benzene rings is 2. The molecule has 4 rings (SSSR count). The van der Waals surface area contributed by atoms with Crippen LogP contribution in [-0.2, 0) is 28.9 Å². The van der Waals surface area contributed by atoms with Crippen LogP contribution in [0, 0.1) is 0 Å². The number of amides is 1. The van der Waals surface area contributed by atoms with Gasteiger partial charge in [-0.1, -0.05) is 42.5 Å². The monoisotopic (exact) mass is 349 g/mol. The summed E-state index contributed by atoms with van der Waals surface area (Å²) in [6, 6.07) is 18.4. The average Bonchev–Trinajstić information content (AvgIpc) is 3.05. The maximum Gasteiger partial charge on any atom is 0.242 e. The molecule has 1 saturated heterocycles. The Kier molecular flexibility index (Phi) is 4.97. The molecule has 1 aliphatic heterocycles. The molecule has 1 aromatic heterocycles. The fourth-order valence-electron chi connectivity index (χ4n) is 3.44. The molecule has 0 atom stereocenters. The van der Waals surface area contributed by atoms with Gasteiger partial charge in [-0.25, -0.2) is 4.98 Å². The molecule has 1 fully saturated rings. The molecule has 3 aromatic rings. The SMILES string of the molecule is O=C(Cn1c(CCc2ccccc2)nc2ccccc21)N1CCOCC1. The maximum atomic E-state index is 12.8. The summed E-state index contributed by atoms with van der Waals surface area (Å²) < 4.78 is 7.43. The number of aryl methyl sites for hydroxylation is 2. The summed E-state index contributed by atoms with van der Waals surface area (Å²) in [5, 5.41) is 0. The molecule has 134 valence electrons. The highest BCUT2D eigenvalue weighted by molar-refractivity contribution is 5.81. The third kappa shape index (κ3) is 3.63. The summed E-state index contributed by atoms with van der Waals surface area (Å²) in [6.45, 7) is 2.93. The normalized spacial score (nSPS) is 14.7. The lowest BCUT2D eigenvalue weighted by Gasteiger charge is -2.27. The van der Waals surface area contributed by atoms with Gasteiger partial charge < -0.3 is 14.2 Å². The number of carbonyl (C=O) groups excluding carboxylic acids is 1. The minimum Gasteiger partial charge on any atom is -0.378 e. The Balaban J connectivity index is 1.58. The van der Waals surface area contributed by atoms with Crippen LogP contribution in [-0.4, -0.2) is 46.7 Å². The van der Waals surface area contributed by atoms with E-state index in [0.29, 0.717) is 32.8 Å². The van der Waals surface area contributed by atoms with Crippen molar-refractivity contribution in [3.8, 4) is 0 Å². The summed E-state index contributed by atoms with van der Waals surface area (Å²) in [5.41, 5.74) is 3.26. The van der Waals surface area contributed by atoms with Gasteiger partial charge in [-0.3, -0.25) is 4.79 Å². The molecule has 0 N–H and O–H groups in total. The number of hydrogen-bond acceptors (Lipinski definition) is 3. The summed E-state index contributed by atoms with van der Waals surface area (Å²) in [4.78, 5) is 19.4. The maximum absolute atomic E-state index is 12.8. The lowest BCUT2D eigenvalue weighted by atomic mass is 10.1. The Labute approximate surface area is 153 Å². The summed E-state index contributed by atoms with van der Waals surface area (Å²) >= 11 is 0. The van der Waals surface area contributed by atoms with Crippen LogP contribution in [0.15, 0.2) is 54.6 Å². The number of morpholine rings is 1. The van der Waals surface area contributed by atoms with Crippen molar-refractivity contribution >= 4 is 16.9 Å². The Bertz CT molecular complexity index is 883. The van der Waals surface area contributed by atoms with Crippen molar-refractivity contribution in [2.75, 3.05) is 26.3 Å². The van der Waals surface area contributed by atoms with E-state index in [2.05, 4.69) is 28.8 Å². The molecule has 2 aromatic carbocycles. The van der Waals surface area contributed by atoms with Gasteiger partial charge in [-0.05, 0) is 24.1 Å². The van der Waals surface area contributed by atoms with Gasteiger partial charge in [0.1, 0.15) is 12.4 Å². The molecule has 1 amide bonds. The fraction of sp³-hybridized carbons (Fsp3) is 0.333. The van der Waals surface area contributed by atoms with Crippen LogP contribution in [0.2, 0.25) is 0 Å². The highest BCUT2D eigenvalue weighted by Crippen LogP contribution is 2.18. The van der Waals surface area contributed by atoms with Crippen molar-refractivity contribution in [3.63, 3.8) is 0 Å². The van der Waals surface area contributed by atoms with Crippen molar-refractivity contribution in [3.05, 3.63) is 66.0 Å². The van der Waals surface area contributed by atoms with Crippen LogP contribution in [0.3, 0.4) is 0 Å². The lowest BCUT2D eigenvalue weighted by Crippen LogP contribution is -2.42. The van der Waals surface area contributed by atoms with E-state index in [0.717, 1.165) is 29.7 Å². The molecule has 0 saturated carbocycles. The van der Waals surface area contributed by atoms with Gasteiger partial charge >= 0.3 is 0 Å². The standard InChI is InChI=1S/C21H23N3O2/c25-21(23-12-14-26-15-13-23)16-24-19-9-5-4-8-18(19)22-20(24)11-10-17-6-2-1-3-7-17/h1-9H,10-16H2. The molecule has 5 nitrogen and oxygen atoms in total.